The highest BCUT2D eigenvalue weighted by Crippen LogP contribution is 2.34. The van der Waals surface area contributed by atoms with E-state index in [9.17, 15) is 9.90 Å². The van der Waals surface area contributed by atoms with Crippen LogP contribution < -0.4 is 15.4 Å². The Hall–Kier alpha value is -2.96. The zero-order chi connectivity index (χ0) is 31.1. The van der Waals surface area contributed by atoms with E-state index in [-0.39, 0.29) is 12.5 Å². The summed E-state index contributed by atoms with van der Waals surface area (Å²) in [4.78, 5) is 19.2. The number of aliphatic hydroxyl groups is 1. The number of amides is 1. The van der Waals surface area contributed by atoms with Crippen LogP contribution in [0.3, 0.4) is 0 Å². The smallest absolute Gasteiger partial charge is 0.251 e. The highest BCUT2D eigenvalue weighted by Gasteiger charge is 2.23. The third-order valence-electron chi connectivity index (χ3n) is 8.12. The topological polar surface area (TPSA) is 114 Å². The lowest BCUT2D eigenvalue weighted by atomic mass is 9.93. The van der Waals surface area contributed by atoms with Crippen molar-refractivity contribution in [1.29, 1.82) is 0 Å². The number of aliphatic hydroxyl groups excluding tert-OH is 1. The monoisotopic (exact) mass is 640 g/mol. The first-order valence-electron chi connectivity index (χ1n) is 15.6. The third-order valence-corrected chi connectivity index (χ3v) is 10.2. The van der Waals surface area contributed by atoms with Crippen molar-refractivity contribution in [2.45, 2.75) is 83.4 Å². The highest BCUT2D eigenvalue weighted by atomic mass is 35.5. The van der Waals surface area contributed by atoms with Gasteiger partial charge in [-0.25, -0.2) is 9.67 Å². The number of nitrogens with one attached hydrogen (secondary N) is 2. The molecule has 0 spiro atoms. The molecule has 1 saturated carbocycles. The van der Waals surface area contributed by atoms with Gasteiger partial charge < -0.3 is 25.2 Å². The van der Waals surface area contributed by atoms with E-state index in [0.717, 1.165) is 55.1 Å². The van der Waals surface area contributed by atoms with Gasteiger partial charge in [0.1, 0.15) is 24.9 Å². The fourth-order valence-corrected chi connectivity index (χ4v) is 6.34. The summed E-state index contributed by atoms with van der Waals surface area (Å²) in [7, 11) is -1.11. The van der Waals surface area contributed by atoms with Crippen molar-refractivity contribution in [3.8, 4) is 5.75 Å². The molecule has 1 atom stereocenters. The molecule has 3 N–H and O–H groups in total. The number of hydrogen-bond acceptors (Lipinski definition) is 8. The van der Waals surface area contributed by atoms with Crippen molar-refractivity contribution in [3.05, 3.63) is 70.1 Å². The molecule has 2 aliphatic rings. The Morgan fingerprint density at radius 3 is 2.86 bits per heavy atom. The number of anilines is 1. The van der Waals surface area contributed by atoms with Crippen molar-refractivity contribution in [2.75, 3.05) is 31.6 Å². The van der Waals surface area contributed by atoms with Gasteiger partial charge in [-0.2, -0.15) is 5.10 Å². The van der Waals surface area contributed by atoms with Gasteiger partial charge in [0.15, 0.2) is 0 Å². The van der Waals surface area contributed by atoms with Gasteiger partial charge >= 0.3 is 0 Å². The fraction of sp³-hybridized carbons (Fsp3) is 0.531. The molecule has 5 rings (SSSR count). The lowest BCUT2D eigenvalue weighted by Crippen LogP contribution is -2.42. The maximum absolute atomic E-state index is 12.7. The number of nitrogens with zero attached hydrogens (tertiary/aromatic N) is 4. The molecule has 0 bridgehead atoms. The summed E-state index contributed by atoms with van der Waals surface area (Å²) >= 11 is 6.78. The zero-order valence-corrected chi connectivity index (χ0v) is 27.8. The molecule has 1 fully saturated rings. The van der Waals surface area contributed by atoms with Crippen LogP contribution in [0.4, 0.5) is 5.82 Å². The SMILES string of the molecule is C[Si](C)(C)CCOCn1cc(COc2ccc3c(c2Cl)CCN(CC(O)CNC(=O)c2ccnc(NC4CCC4)c2)C3)cn1. The van der Waals surface area contributed by atoms with Crippen molar-refractivity contribution in [3.63, 3.8) is 0 Å². The van der Waals surface area contributed by atoms with Crippen molar-refractivity contribution in [2.24, 2.45) is 0 Å². The Balaban J connectivity index is 1.05. The molecule has 0 radical (unpaired) electrons. The Kier molecular flexibility index (Phi) is 11.0. The average Bonchev–Trinajstić information content (AvgIpc) is 3.43. The van der Waals surface area contributed by atoms with E-state index in [1.807, 2.05) is 18.3 Å². The second kappa shape index (κ2) is 14.9. The third kappa shape index (κ3) is 9.27. The van der Waals surface area contributed by atoms with Gasteiger partial charge in [0, 0.05) is 70.4 Å². The van der Waals surface area contributed by atoms with Crippen LogP contribution in [0.15, 0.2) is 42.9 Å². The van der Waals surface area contributed by atoms with Gasteiger partial charge in [0.25, 0.3) is 5.91 Å². The number of hydrogen-bond donors (Lipinski definition) is 3. The first-order chi connectivity index (χ1) is 21.1. The van der Waals surface area contributed by atoms with Crippen LogP contribution in [0.5, 0.6) is 5.75 Å². The van der Waals surface area contributed by atoms with Crippen LogP contribution >= 0.6 is 11.6 Å². The molecule has 1 aliphatic carbocycles. The number of pyridine rings is 1. The second-order valence-electron chi connectivity index (χ2n) is 13.1. The molecular formula is C32H45ClN6O4Si. The molecule has 10 nitrogen and oxygen atoms in total. The number of ether oxygens (including phenoxy) is 2. The molecule has 2 aromatic heterocycles. The van der Waals surface area contributed by atoms with Crippen LogP contribution in [-0.4, -0.2) is 77.1 Å². The summed E-state index contributed by atoms with van der Waals surface area (Å²) in [6, 6.07) is 8.99. The summed E-state index contributed by atoms with van der Waals surface area (Å²) in [6.45, 7) is 10.6. The molecule has 1 aliphatic heterocycles. The maximum atomic E-state index is 12.7. The average molecular weight is 641 g/mol. The molecule has 3 aromatic rings. The van der Waals surface area contributed by atoms with E-state index in [1.54, 1.807) is 29.2 Å². The molecular weight excluding hydrogens is 596 g/mol. The predicted molar refractivity (Wildman–Crippen MR) is 175 cm³/mol. The van der Waals surface area contributed by atoms with Crippen LogP contribution in [0.1, 0.15) is 46.3 Å². The van der Waals surface area contributed by atoms with Crippen molar-refractivity contribution < 1.29 is 19.4 Å². The summed E-state index contributed by atoms with van der Waals surface area (Å²) in [6.07, 6.45) is 8.93. The zero-order valence-electron chi connectivity index (χ0n) is 26.0. The van der Waals surface area contributed by atoms with E-state index >= 15 is 0 Å². The Bertz CT molecular complexity index is 1410. The Morgan fingerprint density at radius 1 is 1.25 bits per heavy atom. The molecule has 0 saturated heterocycles. The first-order valence-corrected chi connectivity index (χ1v) is 19.6. The number of carbonyl (C=O) groups is 1. The van der Waals surface area contributed by atoms with Crippen LogP contribution in [-0.2, 0) is 31.0 Å². The predicted octanol–water partition coefficient (Wildman–Crippen LogP) is 4.94. The van der Waals surface area contributed by atoms with Gasteiger partial charge in [0.05, 0.1) is 17.3 Å². The number of rotatable bonds is 15. The van der Waals surface area contributed by atoms with Gasteiger partial charge in [-0.15, -0.1) is 0 Å². The largest absolute Gasteiger partial charge is 0.487 e. The molecule has 238 valence electrons. The Morgan fingerprint density at radius 2 is 2.09 bits per heavy atom. The van der Waals surface area contributed by atoms with E-state index in [4.69, 9.17) is 21.1 Å². The van der Waals surface area contributed by atoms with Crippen LogP contribution in [0.2, 0.25) is 30.7 Å². The van der Waals surface area contributed by atoms with E-state index in [2.05, 4.69) is 45.3 Å². The quantitative estimate of drug-likeness (QED) is 0.158. The number of benzene rings is 1. The van der Waals surface area contributed by atoms with Gasteiger partial charge in [-0.3, -0.25) is 9.69 Å². The normalized spacial score (nSPS) is 16.2. The van der Waals surface area contributed by atoms with Crippen molar-refractivity contribution in [1.82, 2.24) is 25.0 Å². The standard InChI is InChI=1S/C32H45ClN6O4Si/c1-44(2,3)14-13-42-22-39-18-23(16-36-39)21-43-29-8-7-25-19-38(12-10-28(25)31(29)33)20-27(40)17-35-32(41)24-9-11-34-30(15-24)37-26-5-4-6-26/h7-9,11,15-16,18,26-27,40H,4-6,10,12-14,17,19-22H2,1-3H3,(H,34,37)(H,35,41). The number of halogens is 1. The van der Waals surface area contributed by atoms with E-state index in [1.165, 1.54) is 6.42 Å². The molecule has 44 heavy (non-hydrogen) atoms. The lowest BCUT2D eigenvalue weighted by Gasteiger charge is -2.31. The minimum absolute atomic E-state index is 0.171. The number of carbonyl (C=O) groups excluding carboxylic acids is 1. The maximum Gasteiger partial charge on any atom is 0.251 e. The highest BCUT2D eigenvalue weighted by molar-refractivity contribution is 6.76. The first kappa shape index (κ1) is 32.4. The van der Waals surface area contributed by atoms with Gasteiger partial charge in [-0.1, -0.05) is 37.3 Å². The molecule has 12 heteroatoms. The summed E-state index contributed by atoms with van der Waals surface area (Å²) < 4.78 is 13.6. The number of aromatic nitrogens is 3. The molecule has 1 unspecified atom stereocenters. The van der Waals surface area contributed by atoms with Crippen molar-refractivity contribution >= 4 is 31.4 Å². The minimum atomic E-state index is -1.11. The fourth-order valence-electron chi connectivity index (χ4n) is 5.25. The molecule has 3 heterocycles. The Labute approximate surface area is 266 Å². The lowest BCUT2D eigenvalue weighted by molar-refractivity contribution is 0.0784. The number of β-amino-alcohol motifs (C(OH)–C–C–N with tert-alkyl or cyclic N) is 1. The second-order valence-corrected chi connectivity index (χ2v) is 19.1. The van der Waals surface area contributed by atoms with Crippen LogP contribution in [0, 0.1) is 0 Å². The van der Waals surface area contributed by atoms with Gasteiger partial charge in [0.2, 0.25) is 0 Å². The summed E-state index contributed by atoms with van der Waals surface area (Å²) in [5, 5.41) is 21.9. The van der Waals surface area contributed by atoms with E-state index in [0.29, 0.717) is 54.6 Å². The van der Waals surface area contributed by atoms with Crippen LogP contribution in [0.25, 0.3) is 0 Å². The summed E-state index contributed by atoms with van der Waals surface area (Å²) in [5.41, 5.74) is 3.69. The van der Waals surface area contributed by atoms with E-state index < -0.39 is 14.2 Å². The molecule has 1 aromatic carbocycles. The number of fused-ring (bicyclic) bond motifs is 1. The minimum Gasteiger partial charge on any atom is -0.487 e. The molecule has 1 amide bonds. The van der Waals surface area contributed by atoms with Gasteiger partial charge in [-0.05, 0) is 61.1 Å². The summed E-state index contributed by atoms with van der Waals surface area (Å²) in [5.74, 6) is 1.15.